The van der Waals surface area contributed by atoms with Gasteiger partial charge in [-0.15, -0.1) is 11.3 Å². The van der Waals surface area contributed by atoms with Gasteiger partial charge in [0.1, 0.15) is 11.6 Å². The number of hydrogen-bond acceptors (Lipinski definition) is 5. The smallest absolute Gasteiger partial charge is 0.253 e. The first-order chi connectivity index (χ1) is 13.2. The number of benzene rings is 1. The highest BCUT2D eigenvalue weighted by Gasteiger charge is 2.28. The Morgan fingerprint density at radius 1 is 1.30 bits per heavy atom. The summed E-state index contributed by atoms with van der Waals surface area (Å²) in [6.07, 6.45) is 5.86. The second-order valence-corrected chi connectivity index (χ2v) is 7.43. The second-order valence-electron chi connectivity index (χ2n) is 6.71. The molecule has 3 heterocycles. The zero-order valence-electron chi connectivity index (χ0n) is 15.2. The predicted octanol–water partition coefficient (Wildman–Crippen LogP) is 3.42. The summed E-state index contributed by atoms with van der Waals surface area (Å²) in [4.78, 5) is 23.8. The molecular formula is C20H22N4O2S. The molecule has 140 valence electrons. The monoisotopic (exact) mass is 382 g/mol. The van der Waals surface area contributed by atoms with Gasteiger partial charge in [-0.05, 0) is 37.1 Å². The van der Waals surface area contributed by atoms with E-state index in [0.717, 1.165) is 43.2 Å². The minimum atomic E-state index is 0.0694. The number of amides is 1. The fourth-order valence-corrected chi connectivity index (χ4v) is 4.14. The lowest BCUT2D eigenvalue weighted by molar-refractivity contribution is 0.0703. The lowest BCUT2D eigenvalue weighted by Crippen LogP contribution is -2.39. The van der Waals surface area contributed by atoms with Gasteiger partial charge >= 0.3 is 0 Å². The Balaban J connectivity index is 1.48. The number of piperidine rings is 1. The number of imidazole rings is 1. The molecule has 0 radical (unpaired) electrons. The van der Waals surface area contributed by atoms with Crippen molar-refractivity contribution in [3.8, 4) is 5.75 Å². The zero-order chi connectivity index (χ0) is 18.6. The zero-order valence-corrected chi connectivity index (χ0v) is 16.1. The van der Waals surface area contributed by atoms with Crippen molar-refractivity contribution >= 4 is 17.2 Å². The standard InChI is InChI=1S/C20H22N4O2S/c1-26-18-6-4-15(5-7-18)20(25)24-9-2-3-16(11-24)19-21-8-10-23(19)12-17-13-27-14-22-17/h4-8,10,13-14,16H,2-3,9,11-12H2,1H3. The van der Waals surface area contributed by atoms with Gasteiger partial charge in [0.15, 0.2) is 0 Å². The molecule has 1 aliphatic heterocycles. The van der Waals surface area contributed by atoms with Crippen LogP contribution in [0.1, 0.15) is 40.6 Å². The van der Waals surface area contributed by atoms with E-state index < -0.39 is 0 Å². The van der Waals surface area contributed by atoms with Crippen LogP contribution in [0.25, 0.3) is 0 Å². The Labute approximate surface area is 162 Å². The molecule has 1 aliphatic rings. The molecule has 6 nitrogen and oxygen atoms in total. The minimum Gasteiger partial charge on any atom is -0.497 e. The van der Waals surface area contributed by atoms with E-state index in [1.165, 1.54) is 0 Å². The number of methoxy groups -OCH3 is 1. The fourth-order valence-electron chi connectivity index (χ4n) is 3.59. The third-order valence-electron chi connectivity index (χ3n) is 4.97. The molecule has 0 saturated carbocycles. The summed E-state index contributed by atoms with van der Waals surface area (Å²) in [6.45, 7) is 2.20. The van der Waals surface area contributed by atoms with Crippen LogP contribution in [-0.2, 0) is 6.54 Å². The molecule has 7 heteroatoms. The average molecular weight is 382 g/mol. The number of likely N-dealkylation sites (tertiary alicyclic amines) is 1. The molecule has 3 aromatic rings. The largest absolute Gasteiger partial charge is 0.497 e. The molecule has 0 N–H and O–H groups in total. The third kappa shape index (κ3) is 3.88. The summed E-state index contributed by atoms with van der Waals surface area (Å²) in [7, 11) is 1.62. The summed E-state index contributed by atoms with van der Waals surface area (Å²) in [5.74, 6) is 2.11. The van der Waals surface area contributed by atoms with Crippen LogP contribution in [0.4, 0.5) is 0 Å². The van der Waals surface area contributed by atoms with E-state index in [1.807, 2.05) is 47.1 Å². The van der Waals surface area contributed by atoms with Crippen molar-refractivity contribution in [2.75, 3.05) is 20.2 Å². The molecular weight excluding hydrogens is 360 g/mol. The van der Waals surface area contributed by atoms with Crippen LogP contribution in [0.2, 0.25) is 0 Å². The maximum Gasteiger partial charge on any atom is 0.253 e. The molecule has 2 aromatic heterocycles. The Morgan fingerprint density at radius 3 is 2.89 bits per heavy atom. The first-order valence-electron chi connectivity index (χ1n) is 9.06. The van der Waals surface area contributed by atoms with Gasteiger partial charge in [0.25, 0.3) is 5.91 Å². The highest BCUT2D eigenvalue weighted by Crippen LogP contribution is 2.27. The van der Waals surface area contributed by atoms with E-state index in [4.69, 9.17) is 4.74 Å². The van der Waals surface area contributed by atoms with Crippen LogP contribution in [0, 0.1) is 0 Å². The van der Waals surface area contributed by atoms with Crippen molar-refractivity contribution in [3.05, 3.63) is 64.6 Å². The topological polar surface area (TPSA) is 60.2 Å². The van der Waals surface area contributed by atoms with Gasteiger partial charge in [-0.3, -0.25) is 4.79 Å². The second kappa shape index (κ2) is 7.92. The summed E-state index contributed by atoms with van der Waals surface area (Å²) in [5, 5.41) is 2.06. The van der Waals surface area contributed by atoms with E-state index in [2.05, 4.69) is 19.9 Å². The van der Waals surface area contributed by atoms with Crippen LogP contribution in [0.5, 0.6) is 5.75 Å². The number of aromatic nitrogens is 3. The van der Waals surface area contributed by atoms with Crippen molar-refractivity contribution in [2.45, 2.75) is 25.3 Å². The van der Waals surface area contributed by atoms with Crippen LogP contribution in [0.3, 0.4) is 0 Å². The molecule has 1 unspecified atom stereocenters. The molecule has 1 atom stereocenters. The van der Waals surface area contributed by atoms with Gasteiger partial charge in [0.2, 0.25) is 0 Å². The maximum atomic E-state index is 12.9. The SMILES string of the molecule is COc1ccc(C(=O)N2CCCC(c3nccn3Cc3cscn3)C2)cc1. The van der Waals surface area contributed by atoms with Crippen LogP contribution < -0.4 is 4.74 Å². The van der Waals surface area contributed by atoms with Gasteiger partial charge in [-0.25, -0.2) is 9.97 Å². The predicted molar refractivity (Wildman–Crippen MR) is 104 cm³/mol. The summed E-state index contributed by atoms with van der Waals surface area (Å²) in [6, 6.07) is 7.31. The molecule has 0 spiro atoms. The molecule has 1 aromatic carbocycles. The van der Waals surface area contributed by atoms with E-state index in [1.54, 1.807) is 18.4 Å². The first-order valence-corrected chi connectivity index (χ1v) is 10.0. The first kappa shape index (κ1) is 17.7. The molecule has 1 saturated heterocycles. The van der Waals surface area contributed by atoms with E-state index in [9.17, 15) is 4.79 Å². The van der Waals surface area contributed by atoms with Crippen molar-refractivity contribution < 1.29 is 9.53 Å². The van der Waals surface area contributed by atoms with Crippen molar-refractivity contribution in [1.29, 1.82) is 0 Å². The van der Waals surface area contributed by atoms with Gasteiger partial charge in [0.05, 0.1) is 24.9 Å². The number of hydrogen-bond donors (Lipinski definition) is 0. The van der Waals surface area contributed by atoms with Crippen molar-refractivity contribution in [1.82, 2.24) is 19.4 Å². The van der Waals surface area contributed by atoms with Crippen LogP contribution >= 0.6 is 11.3 Å². The lowest BCUT2D eigenvalue weighted by Gasteiger charge is -2.32. The lowest BCUT2D eigenvalue weighted by atomic mass is 9.96. The molecule has 1 fully saturated rings. The summed E-state index contributed by atoms with van der Waals surface area (Å²) < 4.78 is 7.33. The van der Waals surface area contributed by atoms with Gasteiger partial charge in [0, 0.05) is 42.3 Å². The molecule has 4 rings (SSSR count). The normalized spacial score (nSPS) is 17.1. The number of thiazole rings is 1. The van der Waals surface area contributed by atoms with Gasteiger partial charge in [-0.2, -0.15) is 0 Å². The van der Waals surface area contributed by atoms with E-state index >= 15 is 0 Å². The Morgan fingerprint density at radius 2 is 2.15 bits per heavy atom. The minimum absolute atomic E-state index is 0.0694. The number of rotatable bonds is 5. The molecule has 0 bridgehead atoms. The van der Waals surface area contributed by atoms with Gasteiger partial charge < -0.3 is 14.2 Å². The molecule has 27 heavy (non-hydrogen) atoms. The number of ether oxygens (including phenoxy) is 1. The van der Waals surface area contributed by atoms with E-state index in [0.29, 0.717) is 12.1 Å². The Bertz CT molecular complexity index is 889. The van der Waals surface area contributed by atoms with Gasteiger partial charge in [-0.1, -0.05) is 0 Å². The van der Waals surface area contributed by atoms with Crippen LogP contribution in [0.15, 0.2) is 47.5 Å². The fraction of sp³-hybridized carbons (Fsp3) is 0.350. The Hall–Kier alpha value is -2.67. The molecule has 1 amide bonds. The number of nitrogens with zero attached hydrogens (tertiary/aromatic N) is 4. The van der Waals surface area contributed by atoms with Crippen molar-refractivity contribution in [2.24, 2.45) is 0 Å². The van der Waals surface area contributed by atoms with Crippen molar-refractivity contribution in [3.63, 3.8) is 0 Å². The number of carbonyl (C=O) groups is 1. The molecule has 0 aliphatic carbocycles. The summed E-state index contributed by atoms with van der Waals surface area (Å²) in [5.41, 5.74) is 3.59. The van der Waals surface area contributed by atoms with Crippen LogP contribution in [-0.4, -0.2) is 45.5 Å². The highest BCUT2D eigenvalue weighted by molar-refractivity contribution is 7.07. The summed E-state index contributed by atoms with van der Waals surface area (Å²) >= 11 is 1.60. The number of carbonyl (C=O) groups excluding carboxylic acids is 1. The maximum absolute atomic E-state index is 12.9. The highest BCUT2D eigenvalue weighted by atomic mass is 32.1. The average Bonchev–Trinajstić information content (AvgIpc) is 3.40. The van der Waals surface area contributed by atoms with E-state index in [-0.39, 0.29) is 11.8 Å². The Kier molecular flexibility index (Phi) is 5.20. The third-order valence-corrected chi connectivity index (χ3v) is 5.61. The quantitative estimate of drug-likeness (QED) is 0.678.